The number of ether oxygens (including phenoxy) is 2. The van der Waals surface area contributed by atoms with Crippen molar-refractivity contribution in [3.8, 4) is 0 Å². The monoisotopic (exact) mass is 320 g/mol. The summed E-state index contributed by atoms with van der Waals surface area (Å²) in [5, 5.41) is 0. The van der Waals surface area contributed by atoms with Crippen LogP contribution in [0.4, 0.5) is 0 Å². The molecule has 0 aromatic carbocycles. The molecule has 0 amide bonds. The van der Waals surface area contributed by atoms with Crippen LogP contribution in [0.3, 0.4) is 0 Å². The summed E-state index contributed by atoms with van der Waals surface area (Å²) in [6.07, 6.45) is 8.02. The van der Waals surface area contributed by atoms with Gasteiger partial charge in [0.2, 0.25) is 0 Å². The lowest BCUT2D eigenvalue weighted by Crippen LogP contribution is -2.48. The number of rotatable bonds is 3. The Morgan fingerprint density at radius 3 is 2.52 bits per heavy atom. The van der Waals surface area contributed by atoms with Gasteiger partial charge in [0.05, 0.1) is 24.2 Å². The highest BCUT2D eigenvalue weighted by atomic mass is 16.6. The second-order valence-electron chi connectivity index (χ2n) is 8.97. The molecule has 1 aliphatic heterocycles. The van der Waals surface area contributed by atoms with E-state index in [9.17, 15) is 4.79 Å². The van der Waals surface area contributed by atoms with Gasteiger partial charge in [-0.15, -0.1) is 0 Å². The van der Waals surface area contributed by atoms with Crippen LogP contribution in [-0.2, 0) is 14.3 Å². The van der Waals surface area contributed by atoms with Gasteiger partial charge in [-0.3, -0.25) is 4.79 Å². The van der Waals surface area contributed by atoms with E-state index < -0.39 is 0 Å². The number of allylic oxidation sites excluding steroid dienone is 2. The van der Waals surface area contributed by atoms with Crippen LogP contribution in [0.25, 0.3) is 0 Å². The summed E-state index contributed by atoms with van der Waals surface area (Å²) in [5.41, 5.74) is 1.30. The fourth-order valence-corrected chi connectivity index (χ4v) is 5.11. The zero-order valence-corrected chi connectivity index (χ0v) is 15.6. The summed E-state index contributed by atoms with van der Waals surface area (Å²) in [5.74, 6) is 0.921. The summed E-state index contributed by atoms with van der Waals surface area (Å²) in [7, 11) is 1.52. The first-order chi connectivity index (χ1) is 10.6. The molecule has 1 unspecified atom stereocenters. The van der Waals surface area contributed by atoms with Crippen LogP contribution in [-0.4, -0.2) is 24.8 Å². The van der Waals surface area contributed by atoms with Crippen molar-refractivity contribution in [3.05, 3.63) is 11.6 Å². The van der Waals surface area contributed by atoms with Crippen molar-refractivity contribution in [1.29, 1.82) is 0 Å². The van der Waals surface area contributed by atoms with Crippen molar-refractivity contribution in [3.63, 3.8) is 0 Å². The van der Waals surface area contributed by atoms with Gasteiger partial charge >= 0.3 is 5.97 Å². The molecule has 3 rings (SSSR count). The van der Waals surface area contributed by atoms with Crippen LogP contribution >= 0.6 is 0 Å². The third-order valence-corrected chi connectivity index (χ3v) is 7.23. The molecule has 0 aromatic heterocycles. The second-order valence-corrected chi connectivity index (χ2v) is 8.97. The minimum Gasteiger partial charge on any atom is -0.469 e. The Labute approximate surface area is 140 Å². The third kappa shape index (κ3) is 2.56. The highest BCUT2D eigenvalue weighted by Gasteiger charge is 2.57. The lowest BCUT2D eigenvalue weighted by Gasteiger charge is -2.52. The van der Waals surface area contributed by atoms with Gasteiger partial charge in [0, 0.05) is 0 Å². The molecule has 0 aromatic rings. The smallest absolute Gasteiger partial charge is 0.312 e. The van der Waals surface area contributed by atoms with Crippen LogP contribution in [0.2, 0.25) is 0 Å². The second kappa shape index (κ2) is 5.34. The van der Waals surface area contributed by atoms with Gasteiger partial charge in [0.25, 0.3) is 0 Å². The fourth-order valence-electron chi connectivity index (χ4n) is 5.11. The molecule has 2 aliphatic carbocycles. The molecule has 0 radical (unpaired) electrons. The zero-order chi connectivity index (χ0) is 17.0. The van der Waals surface area contributed by atoms with Crippen LogP contribution in [0.1, 0.15) is 66.7 Å². The Kier molecular flexibility index (Phi) is 3.95. The Balaban J connectivity index is 1.92. The standard InChI is InChI=1S/C20H32O3/c1-13-9-10-15-14(8-7-11-19(15,4)17(21)22-6)20(13,5)12-16-18(2,3)23-16/h8,13,15-16H,7,9-12H2,1-6H3/t13-,15+,16?,19+,20+/m1/s1. The first-order valence-corrected chi connectivity index (χ1v) is 9.12. The van der Waals surface area contributed by atoms with Crippen LogP contribution < -0.4 is 0 Å². The van der Waals surface area contributed by atoms with E-state index in [1.54, 1.807) is 0 Å². The molecular formula is C20H32O3. The van der Waals surface area contributed by atoms with E-state index in [-0.39, 0.29) is 22.4 Å². The fraction of sp³-hybridized carbons (Fsp3) is 0.850. The molecule has 3 aliphatic rings. The highest BCUT2D eigenvalue weighted by molar-refractivity contribution is 5.77. The first-order valence-electron chi connectivity index (χ1n) is 9.12. The van der Waals surface area contributed by atoms with Crippen molar-refractivity contribution in [2.45, 2.75) is 78.4 Å². The summed E-state index contributed by atoms with van der Waals surface area (Å²) in [4.78, 5) is 12.5. The van der Waals surface area contributed by atoms with Crippen molar-refractivity contribution in [1.82, 2.24) is 0 Å². The van der Waals surface area contributed by atoms with Crippen LogP contribution in [0, 0.1) is 22.7 Å². The third-order valence-electron chi connectivity index (χ3n) is 7.23. The molecular weight excluding hydrogens is 288 g/mol. The van der Waals surface area contributed by atoms with E-state index in [1.165, 1.54) is 19.1 Å². The number of hydrogen-bond acceptors (Lipinski definition) is 3. The van der Waals surface area contributed by atoms with Gasteiger partial charge < -0.3 is 9.47 Å². The number of carbonyl (C=O) groups excluding carboxylic acids is 1. The highest BCUT2D eigenvalue weighted by Crippen LogP contribution is 2.60. The minimum atomic E-state index is -0.361. The quantitative estimate of drug-likeness (QED) is 0.436. The Morgan fingerprint density at radius 2 is 1.96 bits per heavy atom. The van der Waals surface area contributed by atoms with E-state index in [4.69, 9.17) is 9.47 Å². The van der Waals surface area contributed by atoms with Gasteiger partial charge in [-0.25, -0.2) is 0 Å². The molecule has 0 spiro atoms. The van der Waals surface area contributed by atoms with Crippen molar-refractivity contribution >= 4 is 5.97 Å². The molecule has 3 nitrogen and oxygen atoms in total. The van der Waals surface area contributed by atoms with Gasteiger partial charge in [-0.2, -0.15) is 0 Å². The Hall–Kier alpha value is -0.830. The number of carbonyl (C=O) groups is 1. The molecule has 1 heterocycles. The molecule has 130 valence electrons. The SMILES string of the molecule is COC(=O)[C@@]1(C)CCC=C2[C@@H]1CC[C@@H](C)[C@]2(C)CC1OC1(C)C. The molecule has 0 bridgehead atoms. The number of methoxy groups -OCH3 is 1. The summed E-state index contributed by atoms with van der Waals surface area (Å²) >= 11 is 0. The van der Waals surface area contributed by atoms with Crippen molar-refractivity contribution < 1.29 is 14.3 Å². The maximum atomic E-state index is 12.5. The number of epoxide rings is 1. The lowest BCUT2D eigenvalue weighted by atomic mass is 9.51. The molecule has 0 N–H and O–H groups in total. The van der Waals surface area contributed by atoms with Gasteiger partial charge in [0.15, 0.2) is 0 Å². The normalized spacial score (nSPS) is 45.0. The van der Waals surface area contributed by atoms with Crippen molar-refractivity contribution in [2.24, 2.45) is 22.7 Å². The van der Waals surface area contributed by atoms with Crippen LogP contribution in [0.5, 0.6) is 0 Å². The minimum absolute atomic E-state index is 0.0244. The number of fused-ring (bicyclic) bond motifs is 1. The van der Waals surface area contributed by atoms with Gasteiger partial charge in [0.1, 0.15) is 0 Å². The summed E-state index contributed by atoms with van der Waals surface area (Å²) in [6.45, 7) is 11.2. The zero-order valence-electron chi connectivity index (χ0n) is 15.6. The van der Waals surface area contributed by atoms with Gasteiger partial charge in [-0.05, 0) is 70.1 Å². The molecule has 1 saturated heterocycles. The Morgan fingerprint density at radius 1 is 1.30 bits per heavy atom. The van der Waals surface area contributed by atoms with Gasteiger partial charge in [-0.1, -0.05) is 25.5 Å². The largest absolute Gasteiger partial charge is 0.469 e. The van der Waals surface area contributed by atoms with E-state index >= 15 is 0 Å². The predicted molar refractivity (Wildman–Crippen MR) is 91.0 cm³/mol. The number of esters is 1. The van der Waals surface area contributed by atoms with Crippen molar-refractivity contribution in [2.75, 3.05) is 7.11 Å². The number of hydrogen-bond donors (Lipinski definition) is 0. The average molecular weight is 320 g/mol. The first kappa shape index (κ1) is 17.0. The molecule has 3 heteroatoms. The predicted octanol–water partition coefficient (Wildman–Crippen LogP) is 4.51. The summed E-state index contributed by atoms with van der Waals surface area (Å²) in [6, 6.07) is 0. The molecule has 1 saturated carbocycles. The maximum Gasteiger partial charge on any atom is 0.312 e. The molecule has 23 heavy (non-hydrogen) atoms. The average Bonchev–Trinajstić information content (AvgIpc) is 3.09. The maximum absolute atomic E-state index is 12.5. The molecule has 5 atom stereocenters. The van der Waals surface area contributed by atoms with E-state index in [0.29, 0.717) is 17.9 Å². The van der Waals surface area contributed by atoms with E-state index in [2.05, 4.69) is 40.7 Å². The van der Waals surface area contributed by atoms with E-state index in [0.717, 1.165) is 25.7 Å². The lowest BCUT2D eigenvalue weighted by molar-refractivity contribution is -0.156. The Bertz CT molecular complexity index is 535. The summed E-state index contributed by atoms with van der Waals surface area (Å²) < 4.78 is 11.1. The topological polar surface area (TPSA) is 38.8 Å². The van der Waals surface area contributed by atoms with E-state index in [1.807, 2.05) is 0 Å². The van der Waals surface area contributed by atoms with Crippen LogP contribution in [0.15, 0.2) is 11.6 Å². The molecule has 2 fully saturated rings.